The second-order valence-corrected chi connectivity index (χ2v) is 6.75. The van der Waals surface area contributed by atoms with Crippen LogP contribution in [0.5, 0.6) is 0 Å². The van der Waals surface area contributed by atoms with Crippen molar-refractivity contribution in [2.24, 2.45) is 5.92 Å². The fourth-order valence-electron chi connectivity index (χ4n) is 3.66. The first-order chi connectivity index (χ1) is 11.1. The molecule has 1 aromatic carbocycles. The second-order valence-electron chi connectivity index (χ2n) is 6.75. The first-order valence-electron chi connectivity index (χ1n) is 8.24. The second kappa shape index (κ2) is 5.51. The monoisotopic (exact) mass is 317 g/mol. The lowest BCUT2D eigenvalue weighted by Gasteiger charge is -2.25. The number of urea groups is 1. The van der Waals surface area contributed by atoms with Gasteiger partial charge < -0.3 is 15.1 Å². The molecule has 6 heteroatoms. The summed E-state index contributed by atoms with van der Waals surface area (Å²) in [5, 5.41) is 3.00. The largest absolute Gasteiger partial charge is 0.335 e. The number of halogens is 1. The molecule has 3 aliphatic rings. The molecule has 122 valence electrons. The molecule has 0 spiro atoms. The SMILES string of the molecule is O=C(NC1CC1)N1C[C@@H]2CCN(C(=O)c3cccc(F)c3)[C@@H]2C1. The third kappa shape index (κ3) is 2.78. The number of rotatable bonds is 2. The number of nitrogens with zero attached hydrogens (tertiary/aromatic N) is 2. The number of carbonyl (C=O) groups excluding carboxylic acids is 2. The van der Waals surface area contributed by atoms with Gasteiger partial charge in [-0.1, -0.05) is 6.07 Å². The van der Waals surface area contributed by atoms with Crippen molar-refractivity contribution in [2.75, 3.05) is 19.6 Å². The van der Waals surface area contributed by atoms with Crippen LogP contribution in [0, 0.1) is 11.7 Å². The fraction of sp³-hybridized carbons (Fsp3) is 0.529. The van der Waals surface area contributed by atoms with Crippen molar-refractivity contribution >= 4 is 11.9 Å². The Morgan fingerprint density at radius 3 is 2.74 bits per heavy atom. The summed E-state index contributed by atoms with van der Waals surface area (Å²) in [5.74, 6) is -0.206. The molecule has 0 bridgehead atoms. The van der Waals surface area contributed by atoms with Crippen molar-refractivity contribution in [3.05, 3.63) is 35.6 Å². The Labute approximate surface area is 134 Å². The molecular formula is C17H20FN3O2. The molecule has 2 aliphatic heterocycles. The van der Waals surface area contributed by atoms with Crippen molar-refractivity contribution in [2.45, 2.75) is 31.3 Å². The molecule has 1 N–H and O–H groups in total. The van der Waals surface area contributed by atoms with Gasteiger partial charge in [-0.15, -0.1) is 0 Å². The zero-order valence-corrected chi connectivity index (χ0v) is 12.9. The van der Waals surface area contributed by atoms with Gasteiger partial charge in [0.05, 0.1) is 6.04 Å². The number of benzene rings is 1. The number of nitrogens with one attached hydrogen (secondary N) is 1. The first-order valence-corrected chi connectivity index (χ1v) is 8.24. The molecule has 1 aliphatic carbocycles. The van der Waals surface area contributed by atoms with Crippen LogP contribution in [0.2, 0.25) is 0 Å². The molecule has 5 nitrogen and oxygen atoms in total. The topological polar surface area (TPSA) is 52.7 Å². The van der Waals surface area contributed by atoms with Crippen molar-refractivity contribution in [3.63, 3.8) is 0 Å². The van der Waals surface area contributed by atoms with Crippen LogP contribution in [0.25, 0.3) is 0 Å². The summed E-state index contributed by atoms with van der Waals surface area (Å²) in [5.41, 5.74) is 0.381. The summed E-state index contributed by atoms with van der Waals surface area (Å²) in [6.45, 7) is 1.96. The van der Waals surface area contributed by atoms with Crippen molar-refractivity contribution < 1.29 is 14.0 Å². The van der Waals surface area contributed by atoms with E-state index in [1.54, 1.807) is 12.1 Å². The Morgan fingerprint density at radius 1 is 1.17 bits per heavy atom. The van der Waals surface area contributed by atoms with Crippen LogP contribution in [-0.2, 0) is 0 Å². The summed E-state index contributed by atoms with van der Waals surface area (Å²) < 4.78 is 13.3. The minimum Gasteiger partial charge on any atom is -0.335 e. The third-order valence-corrected chi connectivity index (χ3v) is 5.07. The Kier molecular flexibility index (Phi) is 3.47. The van der Waals surface area contributed by atoms with E-state index in [0.717, 1.165) is 19.3 Å². The van der Waals surface area contributed by atoms with E-state index in [1.165, 1.54) is 12.1 Å². The highest BCUT2D eigenvalue weighted by Gasteiger charge is 2.45. The molecule has 1 aromatic rings. The van der Waals surface area contributed by atoms with E-state index < -0.39 is 5.82 Å². The van der Waals surface area contributed by atoms with E-state index in [0.29, 0.717) is 37.2 Å². The minimum atomic E-state index is -0.400. The number of hydrogen-bond acceptors (Lipinski definition) is 2. The van der Waals surface area contributed by atoms with Gasteiger partial charge in [-0.2, -0.15) is 0 Å². The summed E-state index contributed by atoms with van der Waals surface area (Å²) in [6, 6.07) is 6.19. The third-order valence-electron chi connectivity index (χ3n) is 5.07. The Balaban J connectivity index is 1.45. The molecule has 3 fully saturated rings. The molecule has 2 atom stereocenters. The highest BCUT2D eigenvalue weighted by atomic mass is 19.1. The Hall–Kier alpha value is -2.11. The Bertz CT molecular complexity index is 646. The molecule has 3 amide bonds. The van der Waals surface area contributed by atoms with E-state index in [1.807, 2.05) is 9.80 Å². The fourth-order valence-corrected chi connectivity index (χ4v) is 3.66. The number of amides is 3. The van der Waals surface area contributed by atoms with Gasteiger partial charge in [0.15, 0.2) is 0 Å². The first kappa shape index (κ1) is 14.5. The van der Waals surface area contributed by atoms with Crippen LogP contribution in [0.15, 0.2) is 24.3 Å². The van der Waals surface area contributed by atoms with Crippen LogP contribution in [0.3, 0.4) is 0 Å². The predicted molar refractivity (Wildman–Crippen MR) is 82.5 cm³/mol. The molecule has 4 rings (SSSR count). The van der Waals surface area contributed by atoms with Gasteiger partial charge in [-0.25, -0.2) is 9.18 Å². The molecule has 0 radical (unpaired) electrons. The van der Waals surface area contributed by atoms with E-state index in [9.17, 15) is 14.0 Å². The molecule has 0 aromatic heterocycles. The maximum absolute atomic E-state index is 13.3. The van der Waals surface area contributed by atoms with Gasteiger partial charge in [0.25, 0.3) is 5.91 Å². The van der Waals surface area contributed by atoms with Crippen LogP contribution < -0.4 is 5.32 Å². The zero-order valence-electron chi connectivity index (χ0n) is 12.9. The van der Waals surface area contributed by atoms with E-state index in [-0.39, 0.29) is 18.0 Å². The maximum atomic E-state index is 13.3. The lowest BCUT2D eigenvalue weighted by atomic mass is 10.0. The van der Waals surface area contributed by atoms with E-state index >= 15 is 0 Å². The van der Waals surface area contributed by atoms with E-state index in [2.05, 4.69) is 5.32 Å². The average molecular weight is 317 g/mol. The van der Waals surface area contributed by atoms with Gasteiger partial charge >= 0.3 is 6.03 Å². The number of carbonyl (C=O) groups is 2. The number of fused-ring (bicyclic) bond motifs is 1. The molecule has 23 heavy (non-hydrogen) atoms. The quantitative estimate of drug-likeness (QED) is 0.905. The lowest BCUT2D eigenvalue weighted by Crippen LogP contribution is -2.44. The predicted octanol–water partition coefficient (Wildman–Crippen LogP) is 1.84. The van der Waals surface area contributed by atoms with Crippen LogP contribution >= 0.6 is 0 Å². The Morgan fingerprint density at radius 2 is 2.00 bits per heavy atom. The van der Waals surface area contributed by atoms with Crippen LogP contribution in [-0.4, -0.2) is 53.5 Å². The molecule has 2 saturated heterocycles. The normalized spacial score (nSPS) is 26.3. The van der Waals surface area contributed by atoms with E-state index in [4.69, 9.17) is 0 Å². The highest BCUT2D eigenvalue weighted by molar-refractivity contribution is 5.94. The van der Waals surface area contributed by atoms with Gasteiger partial charge in [0.1, 0.15) is 5.82 Å². The van der Waals surface area contributed by atoms with Gasteiger partial charge in [-0.3, -0.25) is 4.79 Å². The lowest BCUT2D eigenvalue weighted by molar-refractivity contribution is 0.0728. The standard InChI is InChI=1S/C17H20FN3O2/c18-13-3-1-2-11(8-13)16(22)21-7-6-12-9-20(10-15(12)21)17(23)19-14-4-5-14/h1-3,8,12,14-15H,4-7,9-10H2,(H,19,23)/t12-,15+/m0/s1. The van der Waals surface area contributed by atoms with Crippen LogP contribution in [0.4, 0.5) is 9.18 Å². The number of likely N-dealkylation sites (tertiary alicyclic amines) is 2. The zero-order chi connectivity index (χ0) is 16.0. The smallest absolute Gasteiger partial charge is 0.317 e. The minimum absolute atomic E-state index is 0.0138. The van der Waals surface area contributed by atoms with Crippen molar-refractivity contribution in [1.82, 2.24) is 15.1 Å². The summed E-state index contributed by atoms with van der Waals surface area (Å²) in [7, 11) is 0. The average Bonchev–Trinajstić information content (AvgIpc) is 3.10. The van der Waals surface area contributed by atoms with Crippen molar-refractivity contribution in [3.8, 4) is 0 Å². The molecule has 1 saturated carbocycles. The molecule has 0 unspecified atom stereocenters. The number of hydrogen-bond donors (Lipinski definition) is 1. The van der Waals surface area contributed by atoms with Gasteiger partial charge in [-0.05, 0) is 37.5 Å². The summed E-state index contributed by atoms with van der Waals surface area (Å²) >= 11 is 0. The van der Waals surface area contributed by atoms with Crippen LogP contribution in [0.1, 0.15) is 29.6 Å². The van der Waals surface area contributed by atoms with Crippen molar-refractivity contribution in [1.29, 1.82) is 0 Å². The van der Waals surface area contributed by atoms with Gasteiger partial charge in [0.2, 0.25) is 0 Å². The summed E-state index contributed by atoms with van der Waals surface area (Å²) in [6.07, 6.45) is 3.03. The molecule has 2 heterocycles. The maximum Gasteiger partial charge on any atom is 0.317 e. The highest BCUT2D eigenvalue weighted by Crippen LogP contribution is 2.33. The summed E-state index contributed by atoms with van der Waals surface area (Å²) in [4.78, 5) is 28.5. The van der Waals surface area contributed by atoms with Gasteiger partial charge in [0, 0.05) is 37.2 Å². The molecular weight excluding hydrogens is 297 g/mol.